The van der Waals surface area contributed by atoms with Crippen molar-refractivity contribution in [1.29, 1.82) is 0 Å². The van der Waals surface area contributed by atoms with Crippen LogP contribution in [-0.2, 0) is 0 Å². The molecular formula is C11H14ClNO. The topological polar surface area (TPSA) is 21.3 Å². The van der Waals surface area contributed by atoms with Gasteiger partial charge in [-0.1, -0.05) is 11.6 Å². The lowest BCUT2D eigenvalue weighted by Crippen LogP contribution is -2.49. The first-order valence-electron chi connectivity index (χ1n) is 4.88. The summed E-state index contributed by atoms with van der Waals surface area (Å²) < 4.78 is 5.77. The van der Waals surface area contributed by atoms with Crippen molar-refractivity contribution in [3.05, 3.63) is 29.3 Å². The average Bonchev–Trinajstić information content (AvgIpc) is 2.06. The summed E-state index contributed by atoms with van der Waals surface area (Å²) in [7, 11) is 0. The Morgan fingerprint density at radius 3 is 2.50 bits per heavy atom. The number of ether oxygens (including phenoxy) is 1. The number of benzene rings is 1. The Bertz CT molecular complexity index is 295. The molecule has 1 N–H and O–H groups in total. The summed E-state index contributed by atoms with van der Waals surface area (Å²) in [6, 6.07) is 7.51. The molecule has 14 heavy (non-hydrogen) atoms. The third kappa shape index (κ3) is 2.20. The smallest absolute Gasteiger partial charge is 0.119 e. The summed E-state index contributed by atoms with van der Waals surface area (Å²) in [5.41, 5.74) is 0. The Labute approximate surface area is 89.2 Å². The maximum atomic E-state index is 5.78. The fourth-order valence-corrected chi connectivity index (χ4v) is 1.59. The van der Waals surface area contributed by atoms with Crippen LogP contribution in [0.5, 0.6) is 5.75 Å². The minimum absolute atomic E-state index is 0.275. The number of hydrogen-bond acceptors (Lipinski definition) is 2. The average molecular weight is 212 g/mol. The molecule has 1 aromatic carbocycles. The highest BCUT2D eigenvalue weighted by molar-refractivity contribution is 6.30. The summed E-state index contributed by atoms with van der Waals surface area (Å²) in [4.78, 5) is 0. The molecule has 0 bridgehead atoms. The minimum Gasteiger partial charge on any atom is -0.490 e. The molecule has 1 unspecified atom stereocenters. The van der Waals surface area contributed by atoms with Gasteiger partial charge in [0.15, 0.2) is 0 Å². The summed E-state index contributed by atoms with van der Waals surface area (Å²) >= 11 is 5.78. The van der Waals surface area contributed by atoms with E-state index in [-0.39, 0.29) is 6.10 Å². The minimum atomic E-state index is 0.275. The maximum Gasteiger partial charge on any atom is 0.119 e. The molecular weight excluding hydrogens is 198 g/mol. The normalized spacial score (nSPS) is 18.7. The van der Waals surface area contributed by atoms with Gasteiger partial charge in [-0.2, -0.15) is 0 Å². The van der Waals surface area contributed by atoms with Crippen LogP contribution in [0.15, 0.2) is 24.3 Å². The van der Waals surface area contributed by atoms with E-state index >= 15 is 0 Å². The van der Waals surface area contributed by atoms with Gasteiger partial charge in [-0.25, -0.2) is 0 Å². The largest absolute Gasteiger partial charge is 0.490 e. The predicted molar refractivity (Wildman–Crippen MR) is 57.9 cm³/mol. The van der Waals surface area contributed by atoms with Crippen LogP contribution < -0.4 is 10.1 Å². The summed E-state index contributed by atoms with van der Waals surface area (Å²) in [6.45, 7) is 4.24. The van der Waals surface area contributed by atoms with Crippen LogP contribution in [-0.4, -0.2) is 19.2 Å². The van der Waals surface area contributed by atoms with Crippen LogP contribution in [0, 0.1) is 5.92 Å². The van der Waals surface area contributed by atoms with Crippen molar-refractivity contribution in [2.45, 2.75) is 13.0 Å². The molecule has 3 heteroatoms. The van der Waals surface area contributed by atoms with E-state index in [0.717, 1.165) is 23.9 Å². The van der Waals surface area contributed by atoms with Crippen LogP contribution in [0.4, 0.5) is 0 Å². The summed E-state index contributed by atoms with van der Waals surface area (Å²) in [5.74, 6) is 1.54. The van der Waals surface area contributed by atoms with Gasteiger partial charge in [0.05, 0.1) is 0 Å². The second kappa shape index (κ2) is 4.20. The zero-order chi connectivity index (χ0) is 9.97. The van der Waals surface area contributed by atoms with E-state index in [2.05, 4.69) is 12.2 Å². The Kier molecular flexibility index (Phi) is 2.94. The lowest BCUT2D eigenvalue weighted by atomic mass is 9.98. The first-order chi connectivity index (χ1) is 6.75. The molecule has 0 amide bonds. The van der Waals surface area contributed by atoms with Crippen LogP contribution in [0.3, 0.4) is 0 Å². The Morgan fingerprint density at radius 2 is 2.00 bits per heavy atom. The van der Waals surface area contributed by atoms with Crippen LogP contribution in [0.25, 0.3) is 0 Å². The molecule has 0 aromatic heterocycles. The highest BCUT2D eigenvalue weighted by Crippen LogP contribution is 2.20. The monoisotopic (exact) mass is 211 g/mol. The summed E-state index contributed by atoms with van der Waals surface area (Å²) in [6.07, 6.45) is 0.275. The van der Waals surface area contributed by atoms with Crippen molar-refractivity contribution in [3.8, 4) is 5.75 Å². The lowest BCUT2D eigenvalue weighted by Gasteiger charge is -2.32. The molecule has 1 heterocycles. The first kappa shape index (κ1) is 9.81. The van der Waals surface area contributed by atoms with Crippen molar-refractivity contribution in [1.82, 2.24) is 5.32 Å². The Hall–Kier alpha value is -0.730. The van der Waals surface area contributed by atoms with Crippen molar-refractivity contribution in [2.24, 2.45) is 5.92 Å². The van der Waals surface area contributed by atoms with Gasteiger partial charge in [0.25, 0.3) is 0 Å². The second-order valence-electron chi connectivity index (χ2n) is 3.70. The molecule has 0 saturated carbocycles. The van der Waals surface area contributed by atoms with Gasteiger partial charge in [-0.05, 0) is 31.2 Å². The van der Waals surface area contributed by atoms with Gasteiger partial charge in [-0.3, -0.25) is 0 Å². The molecule has 0 aliphatic carbocycles. The zero-order valence-corrected chi connectivity index (χ0v) is 8.92. The van der Waals surface area contributed by atoms with E-state index in [1.54, 1.807) is 0 Å². The Balaban J connectivity index is 1.92. The molecule has 2 nitrogen and oxygen atoms in total. The van der Waals surface area contributed by atoms with E-state index in [0.29, 0.717) is 5.92 Å². The quantitative estimate of drug-likeness (QED) is 0.829. The molecule has 1 saturated heterocycles. The SMILES string of the molecule is CC(Oc1ccc(Cl)cc1)C1CNC1. The van der Waals surface area contributed by atoms with E-state index < -0.39 is 0 Å². The molecule has 0 spiro atoms. The third-order valence-electron chi connectivity index (χ3n) is 2.61. The molecule has 1 atom stereocenters. The number of halogens is 1. The third-order valence-corrected chi connectivity index (χ3v) is 2.86. The lowest BCUT2D eigenvalue weighted by molar-refractivity contribution is 0.115. The molecule has 1 aliphatic rings. The van der Waals surface area contributed by atoms with Gasteiger partial charge in [0.1, 0.15) is 11.9 Å². The van der Waals surface area contributed by atoms with Crippen molar-refractivity contribution < 1.29 is 4.74 Å². The maximum absolute atomic E-state index is 5.78. The molecule has 76 valence electrons. The molecule has 1 aromatic rings. The fourth-order valence-electron chi connectivity index (χ4n) is 1.47. The van der Waals surface area contributed by atoms with Gasteiger partial charge >= 0.3 is 0 Å². The van der Waals surface area contributed by atoms with Gasteiger partial charge in [-0.15, -0.1) is 0 Å². The molecule has 1 aliphatic heterocycles. The van der Waals surface area contributed by atoms with Crippen LogP contribution in [0.1, 0.15) is 6.92 Å². The van der Waals surface area contributed by atoms with Crippen molar-refractivity contribution in [2.75, 3.05) is 13.1 Å². The van der Waals surface area contributed by atoms with E-state index in [4.69, 9.17) is 16.3 Å². The molecule has 1 fully saturated rings. The van der Waals surface area contributed by atoms with Gasteiger partial charge < -0.3 is 10.1 Å². The van der Waals surface area contributed by atoms with E-state index in [1.165, 1.54) is 0 Å². The van der Waals surface area contributed by atoms with E-state index in [9.17, 15) is 0 Å². The molecule has 0 radical (unpaired) electrons. The number of rotatable bonds is 3. The Morgan fingerprint density at radius 1 is 1.36 bits per heavy atom. The van der Waals surface area contributed by atoms with E-state index in [1.807, 2.05) is 24.3 Å². The van der Waals surface area contributed by atoms with Gasteiger partial charge in [0, 0.05) is 24.0 Å². The first-order valence-corrected chi connectivity index (χ1v) is 5.26. The standard InChI is InChI=1S/C11H14ClNO/c1-8(9-6-13-7-9)14-11-4-2-10(12)3-5-11/h2-5,8-9,13H,6-7H2,1H3. The summed E-state index contributed by atoms with van der Waals surface area (Å²) in [5, 5.41) is 3.98. The fraction of sp³-hybridized carbons (Fsp3) is 0.455. The van der Waals surface area contributed by atoms with Crippen LogP contribution >= 0.6 is 11.6 Å². The zero-order valence-electron chi connectivity index (χ0n) is 8.16. The van der Waals surface area contributed by atoms with Gasteiger partial charge in [0.2, 0.25) is 0 Å². The highest BCUT2D eigenvalue weighted by Gasteiger charge is 2.24. The molecule has 2 rings (SSSR count). The number of hydrogen-bond donors (Lipinski definition) is 1. The highest BCUT2D eigenvalue weighted by atomic mass is 35.5. The predicted octanol–water partition coefficient (Wildman–Crippen LogP) is 2.33. The van der Waals surface area contributed by atoms with Crippen LogP contribution in [0.2, 0.25) is 5.02 Å². The van der Waals surface area contributed by atoms with Crippen molar-refractivity contribution >= 4 is 11.6 Å². The number of nitrogens with one attached hydrogen (secondary N) is 1. The second-order valence-corrected chi connectivity index (χ2v) is 4.13. The van der Waals surface area contributed by atoms with Crippen molar-refractivity contribution in [3.63, 3.8) is 0 Å².